The molecule has 2 aliphatic carbocycles. The van der Waals surface area contributed by atoms with Gasteiger partial charge < -0.3 is 0 Å². The van der Waals surface area contributed by atoms with Crippen LogP contribution in [0.5, 0.6) is 0 Å². The molecule has 0 saturated heterocycles. The minimum absolute atomic E-state index is 0.363. The summed E-state index contributed by atoms with van der Waals surface area (Å²) in [7, 11) is 0. The molecule has 0 saturated carbocycles. The lowest BCUT2D eigenvalue weighted by Crippen LogP contribution is -2.31. The van der Waals surface area contributed by atoms with E-state index in [-0.39, 0.29) is 0 Å². The second kappa shape index (κ2) is 5.53. The highest BCUT2D eigenvalue weighted by molar-refractivity contribution is 5.27. The first kappa shape index (κ1) is 12.4. The summed E-state index contributed by atoms with van der Waals surface area (Å²) in [5, 5.41) is 0. The molecule has 0 atom stereocenters. The predicted molar refractivity (Wildman–Crippen MR) is 75.8 cm³/mol. The monoisotopic (exact) mass is 228 g/mol. The Morgan fingerprint density at radius 1 is 0.824 bits per heavy atom. The van der Waals surface area contributed by atoms with Crippen LogP contribution < -0.4 is 0 Å². The molecule has 17 heavy (non-hydrogen) atoms. The normalized spacial score (nSPS) is 19.9. The van der Waals surface area contributed by atoms with Crippen molar-refractivity contribution < 1.29 is 0 Å². The van der Waals surface area contributed by atoms with Crippen LogP contribution in [0.25, 0.3) is 0 Å². The lowest BCUT2D eigenvalue weighted by atomic mass is 9.66. The Hall–Kier alpha value is -1.04. The third-order valence-electron chi connectivity index (χ3n) is 4.34. The van der Waals surface area contributed by atoms with Crippen LogP contribution in [0.15, 0.2) is 48.6 Å². The summed E-state index contributed by atoms with van der Waals surface area (Å²) in [6.45, 7) is 4.74. The van der Waals surface area contributed by atoms with E-state index in [0.29, 0.717) is 17.3 Å². The fourth-order valence-electron chi connectivity index (χ4n) is 3.05. The maximum atomic E-state index is 2.46. The molecular weight excluding hydrogens is 204 g/mol. The Labute approximate surface area is 106 Å². The molecule has 0 aromatic heterocycles. The van der Waals surface area contributed by atoms with Crippen molar-refractivity contribution in [3.05, 3.63) is 48.6 Å². The van der Waals surface area contributed by atoms with Gasteiger partial charge in [0.1, 0.15) is 0 Å². The molecule has 0 aliphatic heterocycles. The summed E-state index contributed by atoms with van der Waals surface area (Å²) in [6.07, 6.45) is 23.6. The molecule has 0 aromatic carbocycles. The summed E-state index contributed by atoms with van der Waals surface area (Å²) < 4.78 is 0. The van der Waals surface area contributed by atoms with Gasteiger partial charge in [-0.1, -0.05) is 81.7 Å². The van der Waals surface area contributed by atoms with E-state index in [1.807, 2.05) is 0 Å². The van der Waals surface area contributed by atoms with Gasteiger partial charge in [0.15, 0.2) is 0 Å². The van der Waals surface area contributed by atoms with Crippen LogP contribution in [0.2, 0.25) is 0 Å². The van der Waals surface area contributed by atoms with Crippen LogP contribution in [0.1, 0.15) is 39.5 Å². The highest BCUT2D eigenvalue weighted by Crippen LogP contribution is 2.46. The molecule has 0 bridgehead atoms. The van der Waals surface area contributed by atoms with Crippen LogP contribution in [-0.4, -0.2) is 0 Å². The zero-order valence-electron chi connectivity index (χ0n) is 11.1. The van der Waals surface area contributed by atoms with E-state index in [2.05, 4.69) is 62.5 Å². The van der Waals surface area contributed by atoms with Crippen molar-refractivity contribution in [1.29, 1.82) is 0 Å². The summed E-state index contributed by atoms with van der Waals surface area (Å²) in [4.78, 5) is 0. The number of unbranched alkanes of at least 4 members (excludes halogenated alkanes) is 2. The van der Waals surface area contributed by atoms with E-state index >= 15 is 0 Å². The molecule has 2 rings (SSSR count). The third-order valence-corrected chi connectivity index (χ3v) is 4.34. The van der Waals surface area contributed by atoms with Gasteiger partial charge in [-0.2, -0.15) is 0 Å². The highest BCUT2D eigenvalue weighted by Gasteiger charge is 2.37. The second-order valence-electron chi connectivity index (χ2n) is 5.55. The second-order valence-corrected chi connectivity index (χ2v) is 5.55. The minimum Gasteiger partial charge on any atom is -0.0770 e. The summed E-state index contributed by atoms with van der Waals surface area (Å²) in [6, 6.07) is 0. The zero-order valence-corrected chi connectivity index (χ0v) is 11.1. The Balaban J connectivity index is 2.10. The maximum Gasteiger partial charge on any atom is 0.00153 e. The van der Waals surface area contributed by atoms with Crippen molar-refractivity contribution in [3.8, 4) is 0 Å². The van der Waals surface area contributed by atoms with Crippen molar-refractivity contribution in [1.82, 2.24) is 0 Å². The standard InChI is InChI=1S/C17H24/c1-3-4-9-14-17(2,15-10-5-6-11-15)16-12-7-8-13-16/h5-8,10-13,15-16H,3-4,9,14H2,1-2H3. The Bertz CT molecular complexity index is 302. The predicted octanol–water partition coefficient (Wildman–Crippen LogP) is 5.06. The van der Waals surface area contributed by atoms with Crippen LogP contribution in [0, 0.1) is 17.3 Å². The van der Waals surface area contributed by atoms with Gasteiger partial charge in [-0.05, 0) is 11.8 Å². The maximum absolute atomic E-state index is 2.46. The lowest BCUT2D eigenvalue weighted by molar-refractivity contribution is 0.192. The minimum atomic E-state index is 0.363. The molecule has 0 heteroatoms. The van der Waals surface area contributed by atoms with Gasteiger partial charge in [0.2, 0.25) is 0 Å². The Morgan fingerprint density at radius 2 is 1.29 bits per heavy atom. The van der Waals surface area contributed by atoms with E-state index in [1.165, 1.54) is 25.7 Å². The van der Waals surface area contributed by atoms with Crippen LogP contribution in [0.3, 0.4) is 0 Å². The molecular formula is C17H24. The molecule has 0 heterocycles. The van der Waals surface area contributed by atoms with Crippen molar-refractivity contribution in [2.45, 2.75) is 39.5 Å². The number of rotatable bonds is 6. The third kappa shape index (κ3) is 2.62. The van der Waals surface area contributed by atoms with Gasteiger partial charge in [0, 0.05) is 11.8 Å². The van der Waals surface area contributed by atoms with Crippen LogP contribution in [0.4, 0.5) is 0 Å². The van der Waals surface area contributed by atoms with Crippen LogP contribution in [-0.2, 0) is 0 Å². The van der Waals surface area contributed by atoms with E-state index in [4.69, 9.17) is 0 Å². The summed E-state index contributed by atoms with van der Waals surface area (Å²) in [5.74, 6) is 1.22. The smallest absolute Gasteiger partial charge is 0.00153 e. The average molecular weight is 228 g/mol. The molecule has 0 amide bonds. The van der Waals surface area contributed by atoms with Gasteiger partial charge in [0.05, 0.1) is 0 Å². The fraction of sp³-hybridized carbons (Fsp3) is 0.529. The van der Waals surface area contributed by atoms with Gasteiger partial charge >= 0.3 is 0 Å². The summed E-state index contributed by atoms with van der Waals surface area (Å²) >= 11 is 0. The van der Waals surface area contributed by atoms with Gasteiger partial charge in [-0.15, -0.1) is 0 Å². The zero-order chi connectivity index (χ0) is 12.1. The SMILES string of the molecule is CCCCCC(C)(C1C=CC=C1)C1C=CC=C1. The van der Waals surface area contributed by atoms with Crippen molar-refractivity contribution in [3.63, 3.8) is 0 Å². The molecule has 2 aliphatic rings. The molecule has 0 radical (unpaired) electrons. The number of hydrogen-bond donors (Lipinski definition) is 0. The first-order valence-electron chi connectivity index (χ1n) is 6.97. The van der Waals surface area contributed by atoms with Crippen molar-refractivity contribution in [2.75, 3.05) is 0 Å². The summed E-state index contributed by atoms with van der Waals surface area (Å²) in [5.41, 5.74) is 0.363. The quantitative estimate of drug-likeness (QED) is 0.558. The van der Waals surface area contributed by atoms with Gasteiger partial charge in [-0.25, -0.2) is 0 Å². The molecule has 0 N–H and O–H groups in total. The van der Waals surface area contributed by atoms with Gasteiger partial charge in [0.25, 0.3) is 0 Å². The van der Waals surface area contributed by atoms with Crippen molar-refractivity contribution >= 4 is 0 Å². The highest BCUT2D eigenvalue weighted by atomic mass is 14.4. The first-order valence-corrected chi connectivity index (χ1v) is 6.97. The van der Waals surface area contributed by atoms with E-state index in [9.17, 15) is 0 Å². The molecule has 92 valence electrons. The van der Waals surface area contributed by atoms with E-state index in [0.717, 1.165) is 0 Å². The van der Waals surface area contributed by atoms with E-state index in [1.54, 1.807) is 0 Å². The molecule has 0 nitrogen and oxygen atoms in total. The topological polar surface area (TPSA) is 0 Å². The molecule has 0 aromatic rings. The van der Waals surface area contributed by atoms with E-state index < -0.39 is 0 Å². The molecule has 0 fully saturated rings. The molecule has 0 spiro atoms. The fourth-order valence-corrected chi connectivity index (χ4v) is 3.05. The Morgan fingerprint density at radius 3 is 1.71 bits per heavy atom. The number of hydrogen-bond acceptors (Lipinski definition) is 0. The van der Waals surface area contributed by atoms with Crippen LogP contribution >= 0.6 is 0 Å². The van der Waals surface area contributed by atoms with Gasteiger partial charge in [-0.3, -0.25) is 0 Å². The lowest BCUT2D eigenvalue weighted by Gasteiger charge is -2.38. The average Bonchev–Trinajstić information content (AvgIpc) is 3.02. The van der Waals surface area contributed by atoms with Crippen molar-refractivity contribution in [2.24, 2.45) is 17.3 Å². The number of allylic oxidation sites excluding steroid dienone is 8. The Kier molecular flexibility index (Phi) is 4.04. The first-order chi connectivity index (χ1) is 8.27. The molecule has 0 unspecified atom stereocenters. The largest absolute Gasteiger partial charge is 0.0770 e.